The van der Waals surface area contributed by atoms with Crippen LogP contribution >= 0.6 is 11.3 Å². The Kier molecular flexibility index (Phi) is 2.99. The number of benzene rings is 1. The molecule has 1 fully saturated rings. The van der Waals surface area contributed by atoms with Crippen molar-refractivity contribution in [2.24, 2.45) is 5.92 Å². The van der Waals surface area contributed by atoms with Crippen molar-refractivity contribution in [1.82, 2.24) is 9.88 Å². The number of nitrogens with zero attached hydrogens (tertiary/aromatic N) is 2. The molecule has 0 aliphatic heterocycles. The molecule has 0 spiro atoms. The van der Waals surface area contributed by atoms with Gasteiger partial charge in [-0.2, -0.15) is 0 Å². The summed E-state index contributed by atoms with van der Waals surface area (Å²) < 4.78 is 1.19. The zero-order chi connectivity index (χ0) is 12.7. The first-order chi connectivity index (χ1) is 8.63. The van der Waals surface area contributed by atoms with Crippen LogP contribution in [0.5, 0.6) is 0 Å². The lowest BCUT2D eigenvalue weighted by atomic mass is 10.1. The minimum Gasteiger partial charge on any atom is -0.375 e. The highest BCUT2D eigenvalue weighted by Crippen LogP contribution is 2.35. The fourth-order valence-electron chi connectivity index (χ4n) is 2.46. The molecule has 1 unspecified atom stereocenters. The van der Waals surface area contributed by atoms with E-state index in [1.54, 1.807) is 11.3 Å². The number of aromatic nitrogens is 1. The summed E-state index contributed by atoms with van der Waals surface area (Å²) in [6.45, 7) is 3.34. The van der Waals surface area contributed by atoms with Crippen LogP contribution in [-0.4, -0.2) is 23.0 Å². The molecule has 3 rings (SSSR count). The fourth-order valence-corrected chi connectivity index (χ4v) is 3.25. The zero-order valence-corrected chi connectivity index (χ0v) is 11.7. The van der Waals surface area contributed by atoms with E-state index in [1.807, 2.05) is 0 Å². The summed E-state index contributed by atoms with van der Waals surface area (Å²) >= 11 is 1.57. The molecule has 1 saturated carbocycles. The molecule has 96 valence electrons. The summed E-state index contributed by atoms with van der Waals surface area (Å²) in [5.74, 6) is 0.915. The van der Waals surface area contributed by atoms with Gasteiger partial charge in [0.05, 0.1) is 10.2 Å². The predicted molar refractivity (Wildman–Crippen MR) is 77.7 cm³/mol. The maximum absolute atomic E-state index is 5.74. The Morgan fingerprint density at radius 2 is 2.28 bits per heavy atom. The molecule has 1 atom stereocenters. The van der Waals surface area contributed by atoms with Crippen molar-refractivity contribution < 1.29 is 0 Å². The van der Waals surface area contributed by atoms with Crippen LogP contribution in [0.15, 0.2) is 18.2 Å². The van der Waals surface area contributed by atoms with Crippen LogP contribution in [-0.2, 0) is 6.54 Å². The number of nitrogen functional groups attached to an aromatic ring is 1. The Balaban J connectivity index is 1.76. The summed E-state index contributed by atoms with van der Waals surface area (Å²) in [6.07, 6.45) is 2.80. The van der Waals surface area contributed by atoms with Crippen molar-refractivity contribution in [3.05, 3.63) is 23.8 Å². The van der Waals surface area contributed by atoms with Gasteiger partial charge < -0.3 is 5.73 Å². The average Bonchev–Trinajstić information content (AvgIpc) is 3.10. The molecule has 1 aliphatic rings. The van der Waals surface area contributed by atoms with Crippen molar-refractivity contribution in [2.45, 2.75) is 32.4 Å². The van der Waals surface area contributed by atoms with Gasteiger partial charge in [0.2, 0.25) is 0 Å². The largest absolute Gasteiger partial charge is 0.375 e. The van der Waals surface area contributed by atoms with Crippen LogP contribution < -0.4 is 5.73 Å². The van der Waals surface area contributed by atoms with Gasteiger partial charge in [-0.1, -0.05) is 17.4 Å². The Morgan fingerprint density at radius 1 is 1.50 bits per heavy atom. The van der Waals surface area contributed by atoms with Crippen molar-refractivity contribution in [2.75, 3.05) is 12.8 Å². The lowest BCUT2D eigenvalue weighted by Crippen LogP contribution is -2.30. The van der Waals surface area contributed by atoms with Gasteiger partial charge in [0.25, 0.3) is 0 Å². The van der Waals surface area contributed by atoms with Gasteiger partial charge in [0.15, 0.2) is 5.13 Å². The van der Waals surface area contributed by atoms with E-state index in [-0.39, 0.29) is 0 Å². The number of hydrogen-bond donors (Lipinski definition) is 1. The van der Waals surface area contributed by atoms with Gasteiger partial charge in [0.1, 0.15) is 0 Å². The monoisotopic (exact) mass is 261 g/mol. The third-order valence-electron chi connectivity index (χ3n) is 3.90. The normalized spacial score (nSPS) is 17.5. The summed E-state index contributed by atoms with van der Waals surface area (Å²) in [5.41, 5.74) is 8.10. The van der Waals surface area contributed by atoms with Crippen LogP contribution in [0.25, 0.3) is 10.2 Å². The molecule has 0 bridgehead atoms. The molecule has 1 aliphatic carbocycles. The molecule has 3 nitrogen and oxygen atoms in total. The zero-order valence-electron chi connectivity index (χ0n) is 10.9. The van der Waals surface area contributed by atoms with Crippen LogP contribution in [0, 0.1) is 5.92 Å². The molecule has 18 heavy (non-hydrogen) atoms. The molecule has 0 radical (unpaired) electrons. The second-order valence-corrected chi connectivity index (χ2v) is 6.41. The first-order valence-corrected chi connectivity index (χ1v) is 7.30. The van der Waals surface area contributed by atoms with E-state index >= 15 is 0 Å². The quantitative estimate of drug-likeness (QED) is 0.919. The highest BCUT2D eigenvalue weighted by atomic mass is 32.1. The standard InChI is InChI=1S/C14H19N3S/c1-9(11-4-5-11)17(2)8-10-3-6-12-13(7-10)18-14(15)16-12/h3,6-7,9,11H,4-5,8H2,1-2H3,(H2,15,16). The Bertz CT molecular complexity index is 559. The minimum absolute atomic E-state index is 0.654. The smallest absolute Gasteiger partial charge is 0.181 e. The lowest BCUT2D eigenvalue weighted by molar-refractivity contribution is 0.226. The van der Waals surface area contributed by atoms with E-state index < -0.39 is 0 Å². The summed E-state index contributed by atoms with van der Waals surface area (Å²) in [7, 11) is 2.22. The van der Waals surface area contributed by atoms with Gasteiger partial charge in [-0.15, -0.1) is 0 Å². The molecular formula is C14H19N3S. The first-order valence-electron chi connectivity index (χ1n) is 6.48. The summed E-state index contributed by atoms with van der Waals surface area (Å²) in [4.78, 5) is 6.74. The Morgan fingerprint density at radius 3 is 3.00 bits per heavy atom. The van der Waals surface area contributed by atoms with Gasteiger partial charge in [0, 0.05) is 12.6 Å². The van der Waals surface area contributed by atoms with Gasteiger partial charge in [-0.25, -0.2) is 4.98 Å². The number of rotatable bonds is 4. The molecule has 4 heteroatoms. The summed E-state index contributed by atoms with van der Waals surface area (Å²) in [5, 5.41) is 0.654. The van der Waals surface area contributed by atoms with E-state index in [2.05, 4.69) is 42.1 Å². The molecule has 1 aromatic heterocycles. The van der Waals surface area contributed by atoms with Crippen molar-refractivity contribution in [1.29, 1.82) is 0 Å². The molecule has 0 amide bonds. The van der Waals surface area contributed by atoms with Crippen LogP contribution in [0.3, 0.4) is 0 Å². The third kappa shape index (κ3) is 2.35. The van der Waals surface area contributed by atoms with E-state index in [0.29, 0.717) is 11.2 Å². The average molecular weight is 261 g/mol. The van der Waals surface area contributed by atoms with Crippen molar-refractivity contribution >= 4 is 26.7 Å². The van der Waals surface area contributed by atoms with Gasteiger partial charge >= 0.3 is 0 Å². The maximum Gasteiger partial charge on any atom is 0.181 e. The van der Waals surface area contributed by atoms with Crippen molar-refractivity contribution in [3.8, 4) is 0 Å². The Labute approximate surface area is 112 Å². The number of thiazole rings is 1. The van der Waals surface area contributed by atoms with E-state index in [4.69, 9.17) is 5.73 Å². The Hall–Kier alpha value is -1.13. The molecule has 2 aromatic rings. The van der Waals surface area contributed by atoms with Gasteiger partial charge in [-0.3, -0.25) is 4.90 Å². The van der Waals surface area contributed by atoms with Crippen LogP contribution in [0.4, 0.5) is 5.13 Å². The van der Waals surface area contributed by atoms with E-state index in [9.17, 15) is 0 Å². The second kappa shape index (κ2) is 4.52. The number of anilines is 1. The molecule has 2 N–H and O–H groups in total. The van der Waals surface area contributed by atoms with E-state index in [1.165, 1.54) is 23.1 Å². The molecule has 1 heterocycles. The number of hydrogen-bond acceptors (Lipinski definition) is 4. The van der Waals surface area contributed by atoms with Crippen LogP contribution in [0.2, 0.25) is 0 Å². The second-order valence-electron chi connectivity index (χ2n) is 5.35. The first kappa shape index (κ1) is 11.9. The molecule has 1 aromatic carbocycles. The molecular weight excluding hydrogens is 242 g/mol. The van der Waals surface area contributed by atoms with Crippen LogP contribution in [0.1, 0.15) is 25.3 Å². The minimum atomic E-state index is 0.654. The molecule has 0 saturated heterocycles. The van der Waals surface area contributed by atoms with E-state index in [0.717, 1.165) is 18.0 Å². The topological polar surface area (TPSA) is 42.2 Å². The number of nitrogens with two attached hydrogens (primary N) is 1. The fraction of sp³-hybridized carbons (Fsp3) is 0.500. The van der Waals surface area contributed by atoms with Crippen molar-refractivity contribution in [3.63, 3.8) is 0 Å². The predicted octanol–water partition coefficient (Wildman–Crippen LogP) is 3.11. The SMILES string of the molecule is CC(C1CC1)N(C)Cc1ccc2nc(N)sc2c1. The lowest BCUT2D eigenvalue weighted by Gasteiger charge is -2.24. The summed E-state index contributed by atoms with van der Waals surface area (Å²) in [6, 6.07) is 7.15. The maximum atomic E-state index is 5.74. The highest BCUT2D eigenvalue weighted by Gasteiger charge is 2.30. The highest BCUT2D eigenvalue weighted by molar-refractivity contribution is 7.22. The van der Waals surface area contributed by atoms with Gasteiger partial charge in [-0.05, 0) is 50.4 Å². The third-order valence-corrected chi connectivity index (χ3v) is 4.75. The number of fused-ring (bicyclic) bond motifs is 1.